The zero-order valence-electron chi connectivity index (χ0n) is 12.1. The Hall–Kier alpha value is -2.15. The van der Waals surface area contributed by atoms with E-state index in [9.17, 15) is 0 Å². The van der Waals surface area contributed by atoms with E-state index in [1.54, 1.807) is 0 Å². The number of aromatic amines is 1. The van der Waals surface area contributed by atoms with Crippen LogP contribution in [0.15, 0.2) is 18.5 Å². The molecule has 112 valence electrons. The number of anilines is 2. The van der Waals surface area contributed by atoms with E-state index in [1.807, 2.05) is 25.5 Å². The molecular weight excluding hydrogens is 268 g/mol. The Morgan fingerprint density at radius 1 is 1.48 bits per heavy atom. The number of H-pyrrole nitrogens is 1. The van der Waals surface area contributed by atoms with E-state index in [1.165, 1.54) is 5.56 Å². The molecular formula is C14H20N6O. The number of hydrogen-bond donors (Lipinski definition) is 2. The quantitative estimate of drug-likeness (QED) is 0.851. The van der Waals surface area contributed by atoms with E-state index in [2.05, 4.69) is 25.1 Å². The van der Waals surface area contributed by atoms with Crippen LogP contribution in [-0.4, -0.2) is 47.0 Å². The Labute approximate surface area is 123 Å². The van der Waals surface area contributed by atoms with Crippen LogP contribution in [0.4, 0.5) is 11.8 Å². The monoisotopic (exact) mass is 288 g/mol. The van der Waals surface area contributed by atoms with Crippen molar-refractivity contribution < 1.29 is 4.74 Å². The maximum Gasteiger partial charge on any atom is 0.222 e. The maximum atomic E-state index is 5.85. The molecule has 7 heteroatoms. The normalized spacial score (nSPS) is 18.0. The molecule has 3 N–H and O–H groups in total. The van der Waals surface area contributed by atoms with Crippen LogP contribution < -0.4 is 10.6 Å². The number of nitrogens with zero attached hydrogens (tertiary/aromatic N) is 4. The van der Waals surface area contributed by atoms with Crippen molar-refractivity contribution in [2.45, 2.75) is 18.8 Å². The highest BCUT2D eigenvalue weighted by Gasteiger charge is 2.21. The second-order valence-electron chi connectivity index (χ2n) is 5.35. The van der Waals surface area contributed by atoms with Crippen molar-refractivity contribution in [3.63, 3.8) is 0 Å². The average Bonchev–Trinajstić information content (AvgIpc) is 3.17. The molecule has 1 aliphatic heterocycles. The zero-order valence-corrected chi connectivity index (χ0v) is 12.1. The van der Waals surface area contributed by atoms with Gasteiger partial charge in [0.1, 0.15) is 5.82 Å². The van der Waals surface area contributed by atoms with E-state index in [4.69, 9.17) is 10.5 Å². The fourth-order valence-corrected chi connectivity index (χ4v) is 2.47. The predicted octanol–water partition coefficient (Wildman–Crippen LogP) is 0.965. The van der Waals surface area contributed by atoms with Crippen LogP contribution in [0.2, 0.25) is 0 Å². The third-order valence-electron chi connectivity index (χ3n) is 3.78. The maximum absolute atomic E-state index is 5.85. The Bertz CT molecular complexity index is 579. The molecule has 1 saturated heterocycles. The standard InChI is InChI=1S/C14H20N6O/c1-20(4-2-10-7-16-17-8-10)13-6-12(18-14(15)19-13)11-3-5-21-9-11/h6-8,11H,2-5,9H2,1H3,(H,16,17)(H2,15,18,19)/t11-/m0/s1. The summed E-state index contributed by atoms with van der Waals surface area (Å²) >= 11 is 0. The minimum Gasteiger partial charge on any atom is -0.381 e. The number of rotatable bonds is 5. The van der Waals surface area contributed by atoms with E-state index >= 15 is 0 Å². The summed E-state index contributed by atoms with van der Waals surface area (Å²) < 4.78 is 5.42. The summed E-state index contributed by atoms with van der Waals surface area (Å²) in [5, 5.41) is 6.77. The first-order chi connectivity index (χ1) is 10.2. The molecule has 2 aromatic rings. The van der Waals surface area contributed by atoms with Crippen molar-refractivity contribution in [3.05, 3.63) is 29.7 Å². The van der Waals surface area contributed by atoms with Crippen LogP contribution in [-0.2, 0) is 11.2 Å². The van der Waals surface area contributed by atoms with Crippen LogP contribution in [0.3, 0.4) is 0 Å². The molecule has 3 rings (SSSR count). The molecule has 1 aliphatic rings. The first-order valence-corrected chi connectivity index (χ1v) is 7.13. The molecule has 3 heterocycles. The van der Waals surface area contributed by atoms with Crippen molar-refractivity contribution in [2.24, 2.45) is 0 Å². The topological polar surface area (TPSA) is 93.0 Å². The zero-order chi connectivity index (χ0) is 14.7. The van der Waals surface area contributed by atoms with Crippen LogP contribution in [0.5, 0.6) is 0 Å². The fourth-order valence-electron chi connectivity index (χ4n) is 2.47. The summed E-state index contributed by atoms with van der Waals surface area (Å²) in [5.74, 6) is 1.51. The van der Waals surface area contributed by atoms with Crippen molar-refractivity contribution >= 4 is 11.8 Å². The Morgan fingerprint density at radius 2 is 2.38 bits per heavy atom. The Kier molecular flexibility index (Phi) is 4.01. The molecule has 21 heavy (non-hydrogen) atoms. The van der Waals surface area contributed by atoms with Gasteiger partial charge in [0, 0.05) is 38.4 Å². The fraction of sp³-hybridized carbons (Fsp3) is 0.500. The largest absolute Gasteiger partial charge is 0.381 e. The molecule has 1 atom stereocenters. The predicted molar refractivity (Wildman–Crippen MR) is 80.2 cm³/mol. The Morgan fingerprint density at radius 3 is 3.10 bits per heavy atom. The number of nitrogens with one attached hydrogen (secondary N) is 1. The van der Waals surface area contributed by atoms with Crippen molar-refractivity contribution in [1.29, 1.82) is 0 Å². The van der Waals surface area contributed by atoms with E-state index in [0.29, 0.717) is 18.5 Å². The molecule has 2 aromatic heterocycles. The minimum atomic E-state index is 0.324. The second-order valence-corrected chi connectivity index (χ2v) is 5.35. The average molecular weight is 288 g/mol. The smallest absolute Gasteiger partial charge is 0.222 e. The summed E-state index contributed by atoms with van der Waals surface area (Å²) in [6.07, 6.45) is 5.64. The van der Waals surface area contributed by atoms with Gasteiger partial charge in [0.05, 0.1) is 18.5 Å². The number of nitrogen functional groups attached to an aromatic ring is 1. The summed E-state index contributed by atoms with van der Waals surface area (Å²) in [6.45, 7) is 2.35. The highest BCUT2D eigenvalue weighted by atomic mass is 16.5. The first kappa shape index (κ1) is 13.8. The molecule has 0 radical (unpaired) electrons. The number of hydrogen-bond acceptors (Lipinski definition) is 6. The van der Waals surface area contributed by atoms with E-state index in [-0.39, 0.29) is 0 Å². The van der Waals surface area contributed by atoms with Crippen LogP contribution in [0, 0.1) is 0 Å². The van der Waals surface area contributed by atoms with Gasteiger partial charge in [-0.15, -0.1) is 0 Å². The highest BCUT2D eigenvalue weighted by Crippen LogP contribution is 2.26. The van der Waals surface area contributed by atoms with Gasteiger partial charge < -0.3 is 15.4 Å². The highest BCUT2D eigenvalue weighted by molar-refractivity contribution is 5.43. The summed E-state index contributed by atoms with van der Waals surface area (Å²) in [6, 6.07) is 2.02. The molecule has 0 amide bonds. The molecule has 0 saturated carbocycles. The van der Waals surface area contributed by atoms with Gasteiger partial charge in [-0.05, 0) is 18.4 Å². The summed E-state index contributed by atoms with van der Waals surface area (Å²) in [7, 11) is 2.01. The van der Waals surface area contributed by atoms with Crippen LogP contribution in [0.1, 0.15) is 23.6 Å². The third-order valence-corrected chi connectivity index (χ3v) is 3.78. The third kappa shape index (κ3) is 3.30. The van der Waals surface area contributed by atoms with Gasteiger partial charge in [-0.3, -0.25) is 5.10 Å². The lowest BCUT2D eigenvalue weighted by atomic mass is 10.0. The number of ether oxygens (including phenoxy) is 1. The van der Waals surface area contributed by atoms with Crippen LogP contribution >= 0.6 is 0 Å². The Balaban J connectivity index is 1.71. The van der Waals surface area contributed by atoms with Gasteiger partial charge >= 0.3 is 0 Å². The number of likely N-dealkylation sites (N-methyl/N-ethyl adjacent to an activating group) is 1. The van der Waals surface area contributed by atoms with Gasteiger partial charge in [0.15, 0.2) is 0 Å². The lowest BCUT2D eigenvalue weighted by molar-refractivity contribution is 0.193. The molecule has 1 fully saturated rings. The van der Waals surface area contributed by atoms with Gasteiger partial charge in [-0.1, -0.05) is 0 Å². The molecule has 0 aliphatic carbocycles. The van der Waals surface area contributed by atoms with Gasteiger partial charge in [-0.25, -0.2) is 4.98 Å². The van der Waals surface area contributed by atoms with Crippen molar-refractivity contribution in [1.82, 2.24) is 20.2 Å². The number of aromatic nitrogens is 4. The lowest BCUT2D eigenvalue weighted by Gasteiger charge is -2.19. The van der Waals surface area contributed by atoms with Crippen molar-refractivity contribution in [3.8, 4) is 0 Å². The van der Waals surface area contributed by atoms with E-state index < -0.39 is 0 Å². The molecule has 0 bridgehead atoms. The van der Waals surface area contributed by atoms with Crippen LogP contribution in [0.25, 0.3) is 0 Å². The summed E-state index contributed by atoms with van der Waals surface area (Å²) in [4.78, 5) is 10.8. The molecule has 0 spiro atoms. The van der Waals surface area contributed by atoms with Gasteiger partial charge in [0.25, 0.3) is 0 Å². The first-order valence-electron chi connectivity index (χ1n) is 7.13. The minimum absolute atomic E-state index is 0.324. The van der Waals surface area contributed by atoms with E-state index in [0.717, 1.165) is 37.5 Å². The number of nitrogens with two attached hydrogens (primary N) is 1. The second kappa shape index (κ2) is 6.09. The van der Waals surface area contributed by atoms with Gasteiger partial charge in [0.2, 0.25) is 5.95 Å². The van der Waals surface area contributed by atoms with Gasteiger partial charge in [-0.2, -0.15) is 10.1 Å². The molecule has 0 aromatic carbocycles. The molecule has 7 nitrogen and oxygen atoms in total. The lowest BCUT2D eigenvalue weighted by Crippen LogP contribution is -2.22. The summed E-state index contributed by atoms with van der Waals surface area (Å²) in [5.41, 5.74) is 8.00. The van der Waals surface area contributed by atoms with Crippen molar-refractivity contribution in [2.75, 3.05) is 37.4 Å². The SMILES string of the molecule is CN(CCc1cn[nH]c1)c1cc([C@H]2CCOC2)nc(N)n1. The molecule has 0 unspecified atom stereocenters.